The second kappa shape index (κ2) is 8.65. The van der Waals surface area contributed by atoms with E-state index in [1.807, 2.05) is 23.6 Å². The molecule has 0 spiro atoms. The highest BCUT2D eigenvalue weighted by atomic mass is 35.5. The zero-order valence-electron chi connectivity index (χ0n) is 15.7. The van der Waals surface area contributed by atoms with Crippen molar-refractivity contribution in [1.29, 1.82) is 0 Å². The number of nitrogens with zero attached hydrogens (tertiary/aromatic N) is 2. The molecular weight excluding hydrogens is 383 g/mol. The number of benzene rings is 2. The Balaban J connectivity index is 1.70. The predicted molar refractivity (Wildman–Crippen MR) is 105 cm³/mol. The molecule has 1 saturated heterocycles. The molecule has 2 aromatic rings. The van der Waals surface area contributed by atoms with Crippen LogP contribution < -0.4 is 4.74 Å². The number of carbonyl (C=O) groups excluding carboxylic acids is 1. The fraction of sp³-hybridized carbons (Fsp3) is 0.333. The van der Waals surface area contributed by atoms with Crippen LogP contribution in [-0.4, -0.2) is 46.2 Å². The van der Waals surface area contributed by atoms with E-state index in [9.17, 15) is 14.3 Å². The summed E-state index contributed by atoms with van der Waals surface area (Å²) in [5, 5.41) is 10.4. The summed E-state index contributed by atoms with van der Waals surface area (Å²) in [5.74, 6) is 2.07. The topological polar surface area (TPSA) is 53.0 Å². The summed E-state index contributed by atoms with van der Waals surface area (Å²) in [6, 6.07) is 10.7. The Morgan fingerprint density at radius 3 is 2.61 bits per heavy atom. The molecule has 3 rings (SSSR count). The summed E-state index contributed by atoms with van der Waals surface area (Å²) >= 11 is 5.84. The zero-order valence-corrected chi connectivity index (χ0v) is 16.5. The highest BCUT2D eigenvalue weighted by Gasteiger charge is 2.34. The number of phenolic OH excluding ortho intramolecular Hbond substituents is 1. The minimum absolute atomic E-state index is 0.0279. The zero-order chi connectivity index (χ0) is 20.3. The van der Waals surface area contributed by atoms with Crippen LogP contribution in [0.4, 0.5) is 4.39 Å². The molecule has 0 unspecified atom stereocenters. The average Bonchev–Trinajstić information content (AvgIpc) is 2.66. The van der Waals surface area contributed by atoms with E-state index in [2.05, 4.69) is 5.94 Å². The van der Waals surface area contributed by atoms with Crippen molar-refractivity contribution in [3.05, 3.63) is 64.6 Å². The van der Waals surface area contributed by atoms with Crippen molar-refractivity contribution in [2.75, 3.05) is 13.3 Å². The molecule has 1 fully saturated rings. The first kappa shape index (κ1) is 20.2. The lowest BCUT2D eigenvalue weighted by molar-refractivity contribution is 0.0277. The predicted octanol–water partition coefficient (Wildman–Crippen LogP) is 3.83. The second-order valence-corrected chi connectivity index (χ2v) is 7.36. The summed E-state index contributed by atoms with van der Waals surface area (Å²) in [4.78, 5) is 15.7. The SMILES string of the molecule is C[C@@H]1C(=C=O)N(Cc2ccc(F)cc2)[C@@H](C)CN1COc1ccc(Cl)cc1O. The van der Waals surface area contributed by atoms with Crippen LogP contribution in [0.5, 0.6) is 11.5 Å². The van der Waals surface area contributed by atoms with Crippen LogP contribution in [0.2, 0.25) is 5.02 Å². The standard InChI is InChI=1S/C21H22ClFN2O3/c1-14-10-24(13-28-21-8-5-17(22)9-20(21)27)15(2)19(12-26)25(14)11-16-3-6-18(23)7-4-16/h3-9,14-15,27H,10-11,13H2,1-2H3/t14-,15+/m0/s1. The molecule has 5 nitrogen and oxygen atoms in total. The number of aromatic hydroxyl groups is 1. The minimum atomic E-state index is -0.288. The maximum Gasteiger partial charge on any atom is 0.163 e. The van der Waals surface area contributed by atoms with Gasteiger partial charge in [0.05, 0.1) is 6.04 Å². The molecule has 0 saturated carbocycles. The van der Waals surface area contributed by atoms with Gasteiger partial charge in [-0.3, -0.25) is 4.90 Å². The average molecular weight is 405 g/mol. The van der Waals surface area contributed by atoms with Crippen LogP contribution in [0.3, 0.4) is 0 Å². The van der Waals surface area contributed by atoms with Crippen LogP contribution in [0.25, 0.3) is 0 Å². The van der Waals surface area contributed by atoms with Crippen LogP contribution in [0, 0.1) is 5.82 Å². The van der Waals surface area contributed by atoms with Gasteiger partial charge in [-0.05, 0) is 43.7 Å². The molecule has 1 aliphatic heterocycles. The Bertz CT molecular complexity index is 884. The van der Waals surface area contributed by atoms with E-state index in [0.717, 1.165) is 5.56 Å². The van der Waals surface area contributed by atoms with Crippen molar-refractivity contribution in [2.24, 2.45) is 0 Å². The molecule has 2 atom stereocenters. The van der Waals surface area contributed by atoms with E-state index < -0.39 is 0 Å². The molecule has 0 amide bonds. The molecule has 2 aromatic carbocycles. The molecule has 1 aliphatic rings. The van der Waals surface area contributed by atoms with Crippen molar-refractivity contribution in [3.63, 3.8) is 0 Å². The van der Waals surface area contributed by atoms with Gasteiger partial charge in [0, 0.05) is 30.2 Å². The Morgan fingerprint density at radius 2 is 1.96 bits per heavy atom. The summed E-state index contributed by atoms with van der Waals surface area (Å²) in [6.07, 6.45) is 0. The van der Waals surface area contributed by atoms with Gasteiger partial charge in [0.15, 0.2) is 11.5 Å². The lowest BCUT2D eigenvalue weighted by Gasteiger charge is -2.45. The van der Waals surface area contributed by atoms with Gasteiger partial charge in [0.2, 0.25) is 0 Å². The first-order chi connectivity index (χ1) is 13.4. The van der Waals surface area contributed by atoms with Crippen molar-refractivity contribution in [3.8, 4) is 11.5 Å². The summed E-state index contributed by atoms with van der Waals surface area (Å²) < 4.78 is 18.9. The van der Waals surface area contributed by atoms with E-state index in [4.69, 9.17) is 16.3 Å². The van der Waals surface area contributed by atoms with Crippen molar-refractivity contribution >= 4 is 17.5 Å². The first-order valence-corrected chi connectivity index (χ1v) is 9.38. The van der Waals surface area contributed by atoms with Crippen molar-refractivity contribution in [1.82, 2.24) is 9.80 Å². The van der Waals surface area contributed by atoms with E-state index in [1.165, 1.54) is 18.2 Å². The van der Waals surface area contributed by atoms with Gasteiger partial charge in [0.25, 0.3) is 0 Å². The van der Waals surface area contributed by atoms with E-state index in [-0.39, 0.29) is 30.4 Å². The van der Waals surface area contributed by atoms with Gasteiger partial charge in [-0.15, -0.1) is 0 Å². The second-order valence-electron chi connectivity index (χ2n) is 6.92. The van der Waals surface area contributed by atoms with Crippen LogP contribution in [-0.2, 0) is 11.3 Å². The number of hydrogen-bond donors (Lipinski definition) is 1. The Kier molecular flexibility index (Phi) is 6.25. The van der Waals surface area contributed by atoms with Crippen molar-refractivity contribution in [2.45, 2.75) is 32.5 Å². The van der Waals surface area contributed by atoms with Crippen LogP contribution in [0.1, 0.15) is 19.4 Å². The number of piperazine rings is 1. The van der Waals surface area contributed by atoms with Crippen LogP contribution in [0.15, 0.2) is 48.2 Å². The smallest absolute Gasteiger partial charge is 0.163 e. The van der Waals surface area contributed by atoms with E-state index >= 15 is 0 Å². The third kappa shape index (κ3) is 4.47. The molecule has 0 radical (unpaired) electrons. The fourth-order valence-corrected chi connectivity index (χ4v) is 3.51. The molecule has 28 heavy (non-hydrogen) atoms. The third-order valence-electron chi connectivity index (χ3n) is 4.96. The molecule has 1 N–H and O–H groups in total. The summed E-state index contributed by atoms with van der Waals surface area (Å²) in [5.41, 5.74) is 1.44. The Morgan fingerprint density at radius 1 is 1.25 bits per heavy atom. The van der Waals surface area contributed by atoms with Crippen molar-refractivity contribution < 1.29 is 19.0 Å². The molecule has 148 valence electrons. The Hall–Kier alpha value is -2.53. The van der Waals surface area contributed by atoms with Gasteiger partial charge in [0.1, 0.15) is 24.2 Å². The largest absolute Gasteiger partial charge is 0.504 e. The quantitative estimate of drug-likeness (QED) is 0.767. The van der Waals surface area contributed by atoms with Gasteiger partial charge < -0.3 is 14.7 Å². The van der Waals surface area contributed by atoms with Gasteiger partial charge in [-0.1, -0.05) is 23.7 Å². The molecule has 0 aliphatic carbocycles. The normalized spacial score (nSPS) is 20.1. The maximum atomic E-state index is 13.1. The van der Waals surface area contributed by atoms with E-state index in [0.29, 0.717) is 29.6 Å². The third-order valence-corrected chi connectivity index (χ3v) is 5.20. The number of phenols is 1. The molecule has 1 heterocycles. The monoisotopic (exact) mass is 404 g/mol. The number of rotatable bonds is 5. The summed E-state index contributed by atoms with van der Waals surface area (Å²) in [7, 11) is 0. The fourth-order valence-electron chi connectivity index (χ4n) is 3.35. The highest BCUT2D eigenvalue weighted by molar-refractivity contribution is 6.30. The maximum absolute atomic E-state index is 13.1. The van der Waals surface area contributed by atoms with Gasteiger partial charge in [-0.2, -0.15) is 0 Å². The van der Waals surface area contributed by atoms with Gasteiger partial charge >= 0.3 is 0 Å². The lowest BCUT2D eigenvalue weighted by atomic mass is 10.0. The number of ether oxygens (including phenoxy) is 1. The Labute approximate surface area is 168 Å². The number of hydrogen-bond acceptors (Lipinski definition) is 5. The molecule has 0 aromatic heterocycles. The first-order valence-electron chi connectivity index (χ1n) is 9.00. The molecular formula is C21H22ClFN2O3. The van der Waals surface area contributed by atoms with Gasteiger partial charge in [-0.25, -0.2) is 9.18 Å². The number of halogens is 2. The highest BCUT2D eigenvalue weighted by Crippen LogP contribution is 2.30. The molecule has 0 bridgehead atoms. The minimum Gasteiger partial charge on any atom is -0.504 e. The lowest BCUT2D eigenvalue weighted by Crippen LogP contribution is -2.55. The van der Waals surface area contributed by atoms with E-state index in [1.54, 1.807) is 24.3 Å². The van der Waals surface area contributed by atoms with Crippen LogP contribution >= 0.6 is 11.6 Å². The molecule has 7 heteroatoms. The summed E-state index contributed by atoms with van der Waals surface area (Å²) in [6.45, 7) is 5.29.